The third kappa shape index (κ3) is 4.48. The lowest BCUT2D eigenvalue weighted by Crippen LogP contribution is -2.53. The normalized spacial score (nSPS) is 14.6. The summed E-state index contributed by atoms with van der Waals surface area (Å²) >= 11 is 5.80. The fourth-order valence-corrected chi connectivity index (χ4v) is 1.67. The van der Waals surface area contributed by atoms with Gasteiger partial charge in [-0.3, -0.25) is 0 Å². The van der Waals surface area contributed by atoms with Gasteiger partial charge in [0.2, 0.25) is 0 Å². The van der Waals surface area contributed by atoms with Gasteiger partial charge in [0, 0.05) is 23.7 Å². The highest BCUT2D eigenvalue weighted by atomic mass is 35.5. The van der Waals surface area contributed by atoms with Crippen molar-refractivity contribution >= 4 is 11.6 Å². The van der Waals surface area contributed by atoms with E-state index in [1.807, 2.05) is 24.3 Å². The van der Waals surface area contributed by atoms with Crippen molar-refractivity contribution in [2.24, 2.45) is 11.7 Å². The topological polar surface area (TPSA) is 47.3 Å². The molecule has 18 heavy (non-hydrogen) atoms. The zero-order valence-corrected chi connectivity index (χ0v) is 12.1. The number of hydrogen-bond acceptors (Lipinski definition) is 3. The summed E-state index contributed by atoms with van der Waals surface area (Å²) in [6.45, 7) is 8.48. The van der Waals surface area contributed by atoms with Crippen LogP contribution in [0.2, 0.25) is 5.02 Å². The summed E-state index contributed by atoms with van der Waals surface area (Å²) in [4.78, 5) is 0. The highest BCUT2D eigenvalue weighted by Gasteiger charge is 2.25. The van der Waals surface area contributed by atoms with Crippen LogP contribution in [0.25, 0.3) is 0 Å². The van der Waals surface area contributed by atoms with Gasteiger partial charge in [0.1, 0.15) is 12.4 Å². The van der Waals surface area contributed by atoms with Gasteiger partial charge >= 0.3 is 0 Å². The third-order valence-electron chi connectivity index (χ3n) is 3.41. The van der Waals surface area contributed by atoms with E-state index in [0.717, 1.165) is 17.3 Å². The van der Waals surface area contributed by atoms with Crippen LogP contribution in [0.1, 0.15) is 20.8 Å². The molecule has 0 aliphatic heterocycles. The Morgan fingerprint density at radius 2 is 1.94 bits per heavy atom. The molecular formula is C14H23ClN2O. The molecule has 0 saturated carbocycles. The van der Waals surface area contributed by atoms with E-state index >= 15 is 0 Å². The van der Waals surface area contributed by atoms with E-state index in [-0.39, 0.29) is 5.54 Å². The van der Waals surface area contributed by atoms with E-state index in [2.05, 4.69) is 26.1 Å². The molecule has 0 radical (unpaired) electrons. The number of halogens is 1. The third-order valence-corrected chi connectivity index (χ3v) is 3.66. The standard InChI is InChI=1S/C14H23ClN2O/c1-11(2)14(3,10-16)17-8-9-18-13-6-4-12(15)5-7-13/h4-7,11,17H,8-10,16H2,1-3H3. The SMILES string of the molecule is CC(C)C(C)(CN)NCCOc1ccc(Cl)cc1. The number of nitrogens with two attached hydrogens (primary N) is 1. The Bertz CT molecular complexity index is 353. The Hall–Kier alpha value is -0.770. The molecule has 0 aliphatic rings. The second kappa shape index (κ2) is 6.98. The van der Waals surface area contributed by atoms with Crippen LogP contribution in [0.3, 0.4) is 0 Å². The average Bonchev–Trinajstić information content (AvgIpc) is 2.36. The number of ether oxygens (including phenoxy) is 1. The first kappa shape index (κ1) is 15.3. The van der Waals surface area contributed by atoms with Gasteiger partial charge in [-0.2, -0.15) is 0 Å². The number of rotatable bonds is 7. The molecule has 1 atom stereocenters. The number of nitrogens with one attached hydrogen (secondary N) is 1. The van der Waals surface area contributed by atoms with Crippen LogP contribution in [0, 0.1) is 5.92 Å². The predicted molar refractivity (Wildman–Crippen MR) is 77.2 cm³/mol. The Labute approximate surface area is 115 Å². The summed E-state index contributed by atoms with van der Waals surface area (Å²) in [5.74, 6) is 1.32. The summed E-state index contributed by atoms with van der Waals surface area (Å²) in [7, 11) is 0. The molecule has 0 saturated heterocycles. The second-order valence-electron chi connectivity index (χ2n) is 5.01. The van der Waals surface area contributed by atoms with Crippen LogP contribution in [-0.2, 0) is 0 Å². The lowest BCUT2D eigenvalue weighted by molar-refractivity contribution is 0.236. The van der Waals surface area contributed by atoms with Gasteiger partial charge in [-0.15, -0.1) is 0 Å². The first-order valence-electron chi connectivity index (χ1n) is 6.31. The zero-order valence-electron chi connectivity index (χ0n) is 11.4. The van der Waals surface area contributed by atoms with Crippen LogP contribution in [-0.4, -0.2) is 25.2 Å². The summed E-state index contributed by atoms with van der Waals surface area (Å²) in [6.07, 6.45) is 0. The quantitative estimate of drug-likeness (QED) is 0.749. The van der Waals surface area contributed by atoms with Crippen molar-refractivity contribution in [3.05, 3.63) is 29.3 Å². The Morgan fingerprint density at radius 3 is 2.44 bits per heavy atom. The van der Waals surface area contributed by atoms with E-state index in [1.165, 1.54) is 0 Å². The van der Waals surface area contributed by atoms with Crippen LogP contribution in [0.15, 0.2) is 24.3 Å². The molecule has 0 aliphatic carbocycles. The van der Waals surface area contributed by atoms with Gasteiger partial charge in [-0.25, -0.2) is 0 Å². The number of hydrogen-bond donors (Lipinski definition) is 2. The maximum Gasteiger partial charge on any atom is 0.119 e. The zero-order chi connectivity index (χ0) is 13.6. The molecule has 0 fully saturated rings. The summed E-state index contributed by atoms with van der Waals surface area (Å²) in [6, 6.07) is 7.38. The fraction of sp³-hybridized carbons (Fsp3) is 0.571. The molecule has 1 unspecified atom stereocenters. The van der Waals surface area contributed by atoms with Crippen LogP contribution in [0.5, 0.6) is 5.75 Å². The van der Waals surface area contributed by atoms with Gasteiger partial charge in [0.25, 0.3) is 0 Å². The maximum absolute atomic E-state index is 5.80. The molecule has 0 bridgehead atoms. The summed E-state index contributed by atoms with van der Waals surface area (Å²) in [5, 5.41) is 4.17. The predicted octanol–water partition coefficient (Wildman–Crippen LogP) is 2.68. The molecule has 102 valence electrons. The molecule has 4 heteroatoms. The molecular weight excluding hydrogens is 248 g/mol. The molecule has 1 aromatic carbocycles. The maximum atomic E-state index is 5.80. The molecule has 0 spiro atoms. The smallest absolute Gasteiger partial charge is 0.119 e. The minimum Gasteiger partial charge on any atom is -0.492 e. The molecule has 1 aromatic rings. The van der Waals surface area contributed by atoms with Gasteiger partial charge in [0.05, 0.1) is 0 Å². The molecule has 0 aromatic heterocycles. The minimum absolute atomic E-state index is 0.0383. The van der Waals surface area contributed by atoms with Crippen molar-refractivity contribution in [2.75, 3.05) is 19.7 Å². The fourth-order valence-electron chi connectivity index (χ4n) is 1.55. The van der Waals surface area contributed by atoms with Crippen LogP contribution < -0.4 is 15.8 Å². The average molecular weight is 271 g/mol. The van der Waals surface area contributed by atoms with E-state index in [9.17, 15) is 0 Å². The van der Waals surface area contributed by atoms with Gasteiger partial charge in [-0.1, -0.05) is 25.4 Å². The van der Waals surface area contributed by atoms with Crippen molar-refractivity contribution in [2.45, 2.75) is 26.3 Å². The molecule has 0 heterocycles. The van der Waals surface area contributed by atoms with Gasteiger partial charge < -0.3 is 15.8 Å². The Balaban J connectivity index is 2.32. The first-order chi connectivity index (χ1) is 8.48. The Morgan fingerprint density at radius 1 is 1.33 bits per heavy atom. The minimum atomic E-state index is -0.0383. The molecule has 3 nitrogen and oxygen atoms in total. The first-order valence-corrected chi connectivity index (χ1v) is 6.69. The second-order valence-corrected chi connectivity index (χ2v) is 5.44. The van der Waals surface area contributed by atoms with E-state index in [1.54, 1.807) is 0 Å². The molecule has 0 amide bonds. The highest BCUT2D eigenvalue weighted by Crippen LogP contribution is 2.16. The van der Waals surface area contributed by atoms with Crippen molar-refractivity contribution < 1.29 is 4.74 Å². The van der Waals surface area contributed by atoms with E-state index < -0.39 is 0 Å². The highest BCUT2D eigenvalue weighted by molar-refractivity contribution is 6.30. The van der Waals surface area contributed by atoms with Crippen molar-refractivity contribution in [3.63, 3.8) is 0 Å². The lowest BCUT2D eigenvalue weighted by Gasteiger charge is -2.33. The summed E-state index contributed by atoms with van der Waals surface area (Å²) < 4.78 is 5.62. The van der Waals surface area contributed by atoms with E-state index in [4.69, 9.17) is 22.1 Å². The van der Waals surface area contributed by atoms with Crippen molar-refractivity contribution in [1.29, 1.82) is 0 Å². The van der Waals surface area contributed by atoms with Crippen LogP contribution >= 0.6 is 11.6 Å². The largest absolute Gasteiger partial charge is 0.492 e. The van der Waals surface area contributed by atoms with E-state index in [0.29, 0.717) is 19.1 Å². The molecule has 1 rings (SSSR count). The van der Waals surface area contributed by atoms with Gasteiger partial charge in [0.15, 0.2) is 0 Å². The number of benzene rings is 1. The monoisotopic (exact) mass is 270 g/mol. The van der Waals surface area contributed by atoms with Crippen LogP contribution in [0.4, 0.5) is 0 Å². The van der Waals surface area contributed by atoms with Gasteiger partial charge in [-0.05, 0) is 37.1 Å². The summed E-state index contributed by atoms with van der Waals surface area (Å²) in [5.41, 5.74) is 5.76. The lowest BCUT2D eigenvalue weighted by atomic mass is 9.88. The Kier molecular flexibility index (Phi) is 5.93. The van der Waals surface area contributed by atoms with Crippen molar-refractivity contribution in [3.8, 4) is 5.75 Å². The van der Waals surface area contributed by atoms with Crippen molar-refractivity contribution in [1.82, 2.24) is 5.32 Å². The molecule has 3 N–H and O–H groups in total.